The number of aryl methyl sites for hydroxylation is 1. The molecular weight excluding hydrogens is 256 g/mol. The summed E-state index contributed by atoms with van der Waals surface area (Å²) in [7, 11) is 0. The van der Waals surface area contributed by atoms with Crippen molar-refractivity contribution in [3.05, 3.63) is 29.3 Å². The fourth-order valence-electron chi connectivity index (χ4n) is 2.52. The summed E-state index contributed by atoms with van der Waals surface area (Å²) >= 11 is 6.28. The van der Waals surface area contributed by atoms with E-state index in [-0.39, 0.29) is 22.3 Å². The molecule has 0 aliphatic heterocycles. The van der Waals surface area contributed by atoms with Gasteiger partial charge in [0.05, 0.1) is 0 Å². The van der Waals surface area contributed by atoms with Gasteiger partial charge in [0, 0.05) is 17.2 Å². The Hall–Kier alpha value is -0.690. The van der Waals surface area contributed by atoms with Crippen LogP contribution in [0.4, 0.5) is 0 Å². The van der Waals surface area contributed by atoms with Crippen molar-refractivity contribution in [2.45, 2.75) is 64.9 Å². The molecule has 0 spiro atoms. The molecule has 2 rings (SSSR count). The third-order valence-corrected chi connectivity index (χ3v) is 5.01. The molecule has 19 heavy (non-hydrogen) atoms. The van der Waals surface area contributed by atoms with E-state index >= 15 is 0 Å². The third-order valence-electron chi connectivity index (χ3n) is 4.27. The van der Waals surface area contributed by atoms with Crippen molar-refractivity contribution < 1.29 is 4.74 Å². The second kappa shape index (κ2) is 4.70. The first-order chi connectivity index (χ1) is 8.62. The van der Waals surface area contributed by atoms with E-state index in [2.05, 4.69) is 59.7 Å². The third kappa shape index (κ3) is 2.76. The molecule has 2 atom stereocenters. The number of rotatable bonds is 2. The zero-order valence-electron chi connectivity index (χ0n) is 12.9. The molecule has 1 aliphatic rings. The minimum Gasteiger partial charge on any atom is -0.489 e. The predicted octanol–water partition coefficient (Wildman–Crippen LogP) is 5.08. The Labute approximate surface area is 122 Å². The van der Waals surface area contributed by atoms with Gasteiger partial charge in [-0.1, -0.05) is 52.3 Å². The molecular formula is C17H25ClO. The maximum absolute atomic E-state index is 6.28. The van der Waals surface area contributed by atoms with Gasteiger partial charge in [-0.15, -0.1) is 11.6 Å². The topological polar surface area (TPSA) is 9.23 Å². The Morgan fingerprint density at radius 2 is 1.89 bits per heavy atom. The van der Waals surface area contributed by atoms with Gasteiger partial charge in [-0.25, -0.2) is 0 Å². The minimum absolute atomic E-state index is 0.0571. The van der Waals surface area contributed by atoms with Gasteiger partial charge in [0.2, 0.25) is 0 Å². The number of benzene rings is 1. The normalized spacial score (nSPS) is 25.8. The summed E-state index contributed by atoms with van der Waals surface area (Å²) in [4.78, 5) is 0. The second-order valence-electron chi connectivity index (χ2n) is 7.38. The largest absolute Gasteiger partial charge is 0.489 e. The Morgan fingerprint density at radius 1 is 1.26 bits per heavy atom. The lowest BCUT2D eigenvalue weighted by atomic mass is 9.68. The first-order valence-corrected chi connectivity index (χ1v) is 7.48. The molecule has 1 fully saturated rings. The average Bonchev–Trinajstić information content (AvgIpc) is 2.29. The lowest BCUT2D eigenvalue weighted by molar-refractivity contribution is -0.0140. The summed E-state index contributed by atoms with van der Waals surface area (Å²) in [5, 5.41) is 0.223. The molecule has 0 saturated heterocycles. The highest BCUT2D eigenvalue weighted by Crippen LogP contribution is 2.47. The van der Waals surface area contributed by atoms with Crippen LogP contribution in [0.2, 0.25) is 0 Å². The Kier molecular flexibility index (Phi) is 3.64. The van der Waals surface area contributed by atoms with Crippen molar-refractivity contribution in [3.63, 3.8) is 0 Å². The van der Waals surface area contributed by atoms with E-state index in [0.29, 0.717) is 0 Å². The van der Waals surface area contributed by atoms with E-state index in [4.69, 9.17) is 16.3 Å². The second-order valence-corrected chi connectivity index (χ2v) is 7.91. The number of alkyl halides is 1. The lowest BCUT2D eigenvalue weighted by Gasteiger charge is -2.48. The number of halogens is 1. The molecule has 1 aromatic carbocycles. The highest BCUT2D eigenvalue weighted by Gasteiger charge is 2.49. The molecule has 1 nitrogen and oxygen atoms in total. The Morgan fingerprint density at radius 3 is 2.37 bits per heavy atom. The fourth-order valence-corrected chi connectivity index (χ4v) is 2.82. The summed E-state index contributed by atoms with van der Waals surface area (Å²) in [6, 6.07) is 6.46. The molecule has 0 bridgehead atoms. The fraction of sp³-hybridized carbons (Fsp3) is 0.647. The monoisotopic (exact) mass is 280 g/mol. The lowest BCUT2D eigenvalue weighted by Crippen LogP contribution is -2.53. The van der Waals surface area contributed by atoms with Crippen LogP contribution in [0.3, 0.4) is 0 Å². The van der Waals surface area contributed by atoms with Gasteiger partial charge in [0.1, 0.15) is 11.9 Å². The molecule has 1 aromatic rings. The van der Waals surface area contributed by atoms with E-state index in [0.717, 1.165) is 12.2 Å². The first kappa shape index (κ1) is 14.7. The Bertz CT molecular complexity index is 471. The average molecular weight is 281 g/mol. The van der Waals surface area contributed by atoms with Gasteiger partial charge >= 0.3 is 0 Å². The SMILES string of the molecule is Cc1ccc(OC2CC(Cl)C2(C)C)c(C(C)(C)C)c1. The van der Waals surface area contributed by atoms with Crippen LogP contribution >= 0.6 is 11.6 Å². The van der Waals surface area contributed by atoms with Crippen molar-refractivity contribution in [1.29, 1.82) is 0 Å². The zero-order valence-corrected chi connectivity index (χ0v) is 13.6. The first-order valence-electron chi connectivity index (χ1n) is 7.04. The van der Waals surface area contributed by atoms with Crippen LogP contribution in [0.1, 0.15) is 52.2 Å². The van der Waals surface area contributed by atoms with Crippen LogP contribution in [0.5, 0.6) is 5.75 Å². The number of hydrogen-bond donors (Lipinski definition) is 0. The van der Waals surface area contributed by atoms with Crippen molar-refractivity contribution in [2.75, 3.05) is 0 Å². The molecule has 0 amide bonds. The highest BCUT2D eigenvalue weighted by molar-refractivity contribution is 6.21. The van der Waals surface area contributed by atoms with Crippen molar-refractivity contribution in [2.24, 2.45) is 5.41 Å². The van der Waals surface area contributed by atoms with Gasteiger partial charge in [-0.05, 0) is 24.0 Å². The number of ether oxygens (including phenoxy) is 1. The van der Waals surface area contributed by atoms with Crippen LogP contribution in [0.15, 0.2) is 18.2 Å². The van der Waals surface area contributed by atoms with E-state index in [1.807, 2.05) is 0 Å². The van der Waals surface area contributed by atoms with Gasteiger partial charge < -0.3 is 4.74 Å². The molecule has 2 heteroatoms. The Balaban J connectivity index is 2.27. The summed E-state index contributed by atoms with van der Waals surface area (Å²) < 4.78 is 6.26. The quantitative estimate of drug-likeness (QED) is 0.687. The predicted molar refractivity (Wildman–Crippen MR) is 82.3 cm³/mol. The summed E-state index contributed by atoms with van der Waals surface area (Å²) in [6.45, 7) is 13.2. The van der Waals surface area contributed by atoms with Crippen LogP contribution in [0.25, 0.3) is 0 Å². The van der Waals surface area contributed by atoms with E-state index < -0.39 is 0 Å². The summed E-state index contributed by atoms with van der Waals surface area (Å²) in [5.74, 6) is 1.01. The van der Waals surface area contributed by atoms with Gasteiger partial charge in [-0.2, -0.15) is 0 Å². The smallest absolute Gasteiger partial charge is 0.123 e. The van der Waals surface area contributed by atoms with E-state index in [9.17, 15) is 0 Å². The van der Waals surface area contributed by atoms with Gasteiger partial charge in [0.15, 0.2) is 0 Å². The standard InChI is InChI=1S/C17H25ClO/c1-11-7-8-13(12(9-11)16(2,3)4)19-15-10-14(18)17(15,5)6/h7-9,14-15H,10H2,1-6H3. The summed E-state index contributed by atoms with van der Waals surface area (Å²) in [6.07, 6.45) is 1.16. The van der Waals surface area contributed by atoms with E-state index in [1.165, 1.54) is 11.1 Å². The zero-order chi connectivity index (χ0) is 14.4. The van der Waals surface area contributed by atoms with Crippen LogP contribution < -0.4 is 4.74 Å². The minimum atomic E-state index is 0.0571. The van der Waals surface area contributed by atoms with Crippen molar-refractivity contribution >= 4 is 11.6 Å². The highest BCUT2D eigenvalue weighted by atomic mass is 35.5. The molecule has 0 aromatic heterocycles. The van der Waals surface area contributed by atoms with Crippen LogP contribution in [-0.4, -0.2) is 11.5 Å². The number of hydrogen-bond acceptors (Lipinski definition) is 1. The van der Waals surface area contributed by atoms with E-state index in [1.54, 1.807) is 0 Å². The maximum Gasteiger partial charge on any atom is 0.123 e. The molecule has 106 valence electrons. The molecule has 1 aliphatic carbocycles. The van der Waals surface area contributed by atoms with Crippen molar-refractivity contribution in [3.8, 4) is 5.75 Å². The molecule has 0 N–H and O–H groups in total. The molecule has 2 unspecified atom stereocenters. The maximum atomic E-state index is 6.28. The molecule has 0 radical (unpaired) electrons. The van der Waals surface area contributed by atoms with Gasteiger partial charge in [-0.3, -0.25) is 0 Å². The van der Waals surface area contributed by atoms with Crippen LogP contribution in [0, 0.1) is 12.3 Å². The van der Waals surface area contributed by atoms with Gasteiger partial charge in [0.25, 0.3) is 0 Å². The summed E-state index contributed by atoms with van der Waals surface area (Å²) in [5.41, 5.74) is 2.71. The van der Waals surface area contributed by atoms with Crippen molar-refractivity contribution in [1.82, 2.24) is 0 Å². The molecule has 1 saturated carbocycles. The van der Waals surface area contributed by atoms with Crippen LogP contribution in [-0.2, 0) is 5.41 Å². The molecule has 0 heterocycles.